The minimum atomic E-state index is -1.57. The van der Waals surface area contributed by atoms with Gasteiger partial charge >= 0.3 is 0 Å². The molecule has 8 N–H and O–H groups in total. The van der Waals surface area contributed by atoms with Crippen LogP contribution in [0, 0.1) is 12.8 Å². The van der Waals surface area contributed by atoms with Crippen LogP contribution in [0.2, 0.25) is 0 Å². The van der Waals surface area contributed by atoms with Gasteiger partial charge < -0.3 is 83.5 Å². The average Bonchev–Trinajstić information content (AvgIpc) is 3.22. The van der Waals surface area contributed by atoms with Gasteiger partial charge in [-0.1, -0.05) is 0 Å². The highest BCUT2D eigenvalue weighted by Gasteiger charge is 2.50. The molecule has 7 rings (SSSR count). The van der Waals surface area contributed by atoms with Crippen LogP contribution in [-0.4, -0.2) is 176 Å². The van der Waals surface area contributed by atoms with Crippen molar-refractivity contribution in [2.24, 2.45) is 5.92 Å². The molecule has 19 atom stereocenters. The number of aliphatic hydroxyl groups excluding tert-OH is 6. The second-order valence-corrected chi connectivity index (χ2v) is 17.7. The molecule has 4 saturated heterocycles. The molecule has 20 nitrogen and oxygen atoms in total. The summed E-state index contributed by atoms with van der Waals surface area (Å²) in [5, 5.41) is 86.5. The fourth-order valence-corrected chi connectivity index (χ4v) is 9.39. The number of hydrogen-bond donors (Lipinski definition) is 8. The number of aromatic hydroxyl groups is 2. The first-order valence-corrected chi connectivity index (χ1v) is 21.6. The van der Waals surface area contributed by atoms with Crippen molar-refractivity contribution in [1.82, 2.24) is 0 Å². The Kier molecular flexibility index (Phi) is 14.7. The minimum Gasteiger partial charge on any atom is -0.507 e. The minimum absolute atomic E-state index is 0.0115. The van der Waals surface area contributed by atoms with Crippen molar-refractivity contribution in [2.45, 2.75) is 184 Å². The van der Waals surface area contributed by atoms with Crippen LogP contribution >= 0.6 is 0 Å². The number of ether oxygens (including phenoxy) is 9. The van der Waals surface area contributed by atoms with E-state index in [1.807, 2.05) is 0 Å². The van der Waals surface area contributed by atoms with Gasteiger partial charge in [0.1, 0.15) is 53.9 Å². The molecule has 64 heavy (non-hydrogen) atoms. The Labute approximate surface area is 368 Å². The number of fused-ring (bicyclic) bond motifs is 2. The van der Waals surface area contributed by atoms with Crippen molar-refractivity contribution < 1.29 is 97.9 Å². The van der Waals surface area contributed by atoms with Crippen molar-refractivity contribution >= 4 is 28.1 Å². The van der Waals surface area contributed by atoms with E-state index in [4.69, 9.17) is 42.6 Å². The molecule has 0 bridgehead atoms. The summed E-state index contributed by atoms with van der Waals surface area (Å²) in [7, 11) is 1.21. The lowest BCUT2D eigenvalue weighted by atomic mass is 9.75. The zero-order valence-electron chi connectivity index (χ0n) is 36.6. The van der Waals surface area contributed by atoms with Crippen LogP contribution in [-0.2, 0) is 53.9 Å². The first kappa shape index (κ1) is 48.5. The van der Waals surface area contributed by atoms with Crippen LogP contribution < -0.4 is 4.74 Å². The van der Waals surface area contributed by atoms with Gasteiger partial charge in [0.25, 0.3) is 0 Å². The average molecular weight is 909 g/mol. The van der Waals surface area contributed by atoms with Crippen LogP contribution in [0.5, 0.6) is 17.2 Å². The summed E-state index contributed by atoms with van der Waals surface area (Å²) < 4.78 is 53.6. The normalized spacial score (nSPS) is 39.9. The summed E-state index contributed by atoms with van der Waals surface area (Å²) in [6, 6.07) is 3.07. The van der Waals surface area contributed by atoms with E-state index in [1.165, 1.54) is 20.1 Å². The summed E-state index contributed by atoms with van der Waals surface area (Å²) in [5.74, 6) is -4.62. The van der Waals surface area contributed by atoms with Crippen molar-refractivity contribution in [3.8, 4) is 17.2 Å². The van der Waals surface area contributed by atoms with Gasteiger partial charge in [-0.15, -0.1) is 0 Å². The number of aliphatic hydroxyl groups is 6. The van der Waals surface area contributed by atoms with E-state index in [1.54, 1.807) is 33.8 Å². The Morgan fingerprint density at radius 1 is 0.688 bits per heavy atom. The Bertz CT molecular complexity index is 2020. The summed E-state index contributed by atoms with van der Waals surface area (Å²) in [6.07, 6.45) is -19.6. The summed E-state index contributed by atoms with van der Waals surface area (Å²) in [4.78, 5) is 40.5. The first-order valence-electron chi connectivity index (χ1n) is 21.6. The van der Waals surface area contributed by atoms with Crippen molar-refractivity contribution in [3.63, 3.8) is 0 Å². The number of carbonyl (C=O) groups is 3. The summed E-state index contributed by atoms with van der Waals surface area (Å²) in [5.41, 5.74) is 0.183. The molecule has 0 spiro atoms. The molecule has 1 aliphatic carbocycles. The maximum absolute atomic E-state index is 14.7. The molecule has 4 unspecified atom stereocenters. The quantitative estimate of drug-likeness (QED) is 0.133. The summed E-state index contributed by atoms with van der Waals surface area (Å²) in [6.45, 7) is 8.92. The number of phenols is 2. The van der Waals surface area contributed by atoms with Crippen molar-refractivity contribution in [3.05, 3.63) is 28.8 Å². The SMILES string of the molecule is CO[C@H](C(=O)C(C)=O)[C@@H]1Cc2cc3cc(O[C@H]4C[C@@H](O[C@H]5C[C@@H](O)[C@H](O)C(C)O5)[C@H](O)C(C)O4)c(C)c(O)c3c(O)c2C(=O)[C@H]1O[C@H]1C[C@@H](O[C@H]2C[C@@H](O)[C@@H](O)C(C)O2)[C@H](O)C(C)O1. The highest BCUT2D eigenvalue weighted by Crippen LogP contribution is 2.47. The predicted octanol–water partition coefficient (Wildman–Crippen LogP) is 0.327. The number of ketones is 3. The zero-order valence-corrected chi connectivity index (χ0v) is 36.6. The van der Waals surface area contributed by atoms with Gasteiger partial charge in [-0.05, 0) is 64.1 Å². The van der Waals surface area contributed by atoms with E-state index in [0.29, 0.717) is 0 Å². The second kappa shape index (κ2) is 19.4. The molecule has 4 fully saturated rings. The Balaban J connectivity index is 1.16. The van der Waals surface area contributed by atoms with Crippen LogP contribution in [0.4, 0.5) is 0 Å². The maximum atomic E-state index is 14.7. The second-order valence-electron chi connectivity index (χ2n) is 17.7. The maximum Gasteiger partial charge on any atom is 0.227 e. The van der Waals surface area contributed by atoms with Gasteiger partial charge in [-0.25, -0.2) is 0 Å². The van der Waals surface area contributed by atoms with Crippen molar-refractivity contribution in [1.29, 1.82) is 0 Å². The lowest BCUT2D eigenvalue weighted by Gasteiger charge is -2.43. The van der Waals surface area contributed by atoms with Crippen LogP contribution in [0.15, 0.2) is 12.1 Å². The van der Waals surface area contributed by atoms with Gasteiger partial charge in [-0.3, -0.25) is 14.4 Å². The highest BCUT2D eigenvalue weighted by molar-refractivity contribution is 6.38. The molecule has 20 heteroatoms. The Hall–Kier alpha value is -3.45. The van der Waals surface area contributed by atoms with Crippen LogP contribution in [0.25, 0.3) is 10.8 Å². The smallest absolute Gasteiger partial charge is 0.227 e. The third kappa shape index (κ3) is 9.54. The monoisotopic (exact) mass is 908 g/mol. The van der Waals surface area contributed by atoms with Crippen LogP contribution in [0.1, 0.15) is 81.8 Å². The number of rotatable bonds is 12. The Morgan fingerprint density at radius 3 is 1.67 bits per heavy atom. The standard InChI is InChI=1S/C44H60O20/c1-15-26(61-31-13-27(39(52)19(5)59-31)62-29-11-24(46)37(50)17(3)57-29)10-22-8-21-9-23(43(56-7)36(49)16(2)45)44(42(55)34(21)41(54)33(22)35(15)48)64-32-14-28(40(53)20(6)60-32)63-30-12-25(47)38(51)18(4)58-30/h8,10,17-20,23-25,27-32,37-40,43-44,46-48,50-54H,9,11-14H2,1-7H3/t17?,18?,19?,20?,23-,24+,25+,27+,28+,29-,30-,31-,32-,37+,38-,39+,40+,43-,44-/m0/s1. The van der Waals surface area contributed by atoms with E-state index >= 15 is 0 Å². The van der Waals surface area contributed by atoms with Gasteiger partial charge in [-0.2, -0.15) is 0 Å². The molecule has 0 amide bonds. The number of carbonyl (C=O) groups excluding carboxylic acids is 3. The van der Waals surface area contributed by atoms with E-state index in [0.717, 1.165) is 6.92 Å². The van der Waals surface area contributed by atoms with E-state index in [9.17, 15) is 55.2 Å². The molecular formula is C44H60O20. The molecule has 2 aromatic rings. The molecule has 2 aromatic carbocycles. The third-order valence-corrected chi connectivity index (χ3v) is 13.1. The number of methoxy groups -OCH3 is 1. The van der Waals surface area contributed by atoms with Gasteiger partial charge in [0.05, 0.1) is 59.8 Å². The summed E-state index contributed by atoms with van der Waals surface area (Å²) >= 11 is 0. The van der Waals surface area contributed by atoms with Crippen molar-refractivity contribution in [2.75, 3.05) is 7.11 Å². The lowest BCUT2D eigenvalue weighted by molar-refractivity contribution is -0.311. The highest BCUT2D eigenvalue weighted by atomic mass is 16.7. The lowest BCUT2D eigenvalue weighted by Crippen LogP contribution is -2.55. The van der Waals surface area contributed by atoms with Crippen LogP contribution in [0.3, 0.4) is 0 Å². The van der Waals surface area contributed by atoms with E-state index < -0.39 is 145 Å². The topological polar surface area (TPSA) is 296 Å². The van der Waals surface area contributed by atoms with E-state index in [2.05, 4.69) is 0 Å². The molecular weight excluding hydrogens is 848 g/mol. The molecule has 356 valence electrons. The van der Waals surface area contributed by atoms with E-state index in [-0.39, 0.29) is 65.3 Å². The molecule has 0 saturated carbocycles. The zero-order chi connectivity index (χ0) is 46.6. The number of hydrogen-bond acceptors (Lipinski definition) is 20. The molecule has 4 heterocycles. The number of Topliss-reactive ketones (excluding diaryl/α,β-unsaturated/α-hetero) is 3. The molecule has 5 aliphatic rings. The van der Waals surface area contributed by atoms with Gasteiger partial charge in [0.15, 0.2) is 30.4 Å². The molecule has 4 aliphatic heterocycles. The third-order valence-electron chi connectivity index (χ3n) is 13.1. The largest absolute Gasteiger partial charge is 0.507 e. The fourth-order valence-electron chi connectivity index (χ4n) is 9.39. The first-order chi connectivity index (χ1) is 30.2. The number of benzene rings is 2. The number of phenolic OH excluding ortho intramolecular Hbond substituents is 2. The molecule has 0 aromatic heterocycles. The molecule has 0 radical (unpaired) electrons. The fraction of sp³-hybridized carbons (Fsp3) is 0.705. The van der Waals surface area contributed by atoms with Gasteiger partial charge in [0, 0.05) is 51.2 Å². The van der Waals surface area contributed by atoms with Gasteiger partial charge in [0.2, 0.25) is 12.1 Å². The Morgan fingerprint density at radius 2 is 1.17 bits per heavy atom. The predicted molar refractivity (Wildman–Crippen MR) is 217 cm³/mol.